The second-order valence-corrected chi connectivity index (χ2v) is 3.72. The van der Waals surface area contributed by atoms with Gasteiger partial charge in [0.1, 0.15) is 0 Å². The number of alkyl halides is 2. The Hall–Kier alpha value is 1.42. The number of unbranched alkanes of at least 4 members (excludes halogenated alkanes) is 2. The molecule has 0 saturated carbocycles. The molecule has 0 aromatic carbocycles. The van der Waals surface area contributed by atoms with Crippen molar-refractivity contribution >= 4 is 45.2 Å². The lowest BCUT2D eigenvalue weighted by Crippen LogP contribution is -2.11. The zero-order valence-electron chi connectivity index (χ0n) is 5.50. The molecule has 0 fully saturated rings. The van der Waals surface area contributed by atoms with Crippen LogP contribution in [0, 0.1) is 0 Å². The van der Waals surface area contributed by atoms with Gasteiger partial charge < -0.3 is 5.32 Å². The van der Waals surface area contributed by atoms with Gasteiger partial charge >= 0.3 is 0 Å². The molecule has 0 heterocycles. The van der Waals surface area contributed by atoms with Crippen LogP contribution in [-0.2, 0) is 0 Å². The predicted octanol–water partition coefficient (Wildman–Crippen LogP) is 2.57. The summed E-state index contributed by atoms with van der Waals surface area (Å²) in [5.41, 5.74) is 0. The first-order valence-electron chi connectivity index (χ1n) is 3.24. The number of nitrogens with one attached hydrogen (secondary N) is 1. The predicted molar refractivity (Wildman–Crippen MR) is 59.6 cm³/mol. The highest BCUT2D eigenvalue weighted by molar-refractivity contribution is 14.1. The molecular weight excluding hydrogens is 340 g/mol. The van der Waals surface area contributed by atoms with Gasteiger partial charge in [-0.1, -0.05) is 51.6 Å². The fourth-order valence-electron chi connectivity index (χ4n) is 0.588. The summed E-state index contributed by atoms with van der Waals surface area (Å²) in [4.78, 5) is 0. The molecular formula is C6H13I2N. The smallest absolute Gasteiger partial charge is 0.0479 e. The summed E-state index contributed by atoms with van der Waals surface area (Å²) < 4.78 is 2.39. The van der Waals surface area contributed by atoms with E-state index in [1.54, 1.807) is 0 Å². The third kappa shape index (κ3) is 9.42. The Balaban J connectivity index is 2.60. The molecule has 56 valence electrons. The maximum atomic E-state index is 3.29. The fraction of sp³-hybridized carbons (Fsp3) is 1.00. The first kappa shape index (κ1) is 10.4. The van der Waals surface area contributed by atoms with Gasteiger partial charge in [-0.05, 0) is 23.8 Å². The van der Waals surface area contributed by atoms with E-state index in [4.69, 9.17) is 0 Å². The Morgan fingerprint density at radius 1 is 1.00 bits per heavy atom. The van der Waals surface area contributed by atoms with Crippen LogP contribution in [-0.4, -0.2) is 15.5 Å². The van der Waals surface area contributed by atoms with Crippen molar-refractivity contribution < 1.29 is 0 Å². The van der Waals surface area contributed by atoms with Crippen molar-refractivity contribution in [3.05, 3.63) is 0 Å². The zero-order chi connectivity index (χ0) is 6.95. The van der Waals surface area contributed by atoms with Crippen LogP contribution < -0.4 is 5.32 Å². The van der Waals surface area contributed by atoms with E-state index in [0.29, 0.717) is 0 Å². The van der Waals surface area contributed by atoms with Crippen LogP contribution in [0.25, 0.3) is 0 Å². The molecule has 0 aliphatic heterocycles. The molecule has 0 saturated heterocycles. The van der Waals surface area contributed by atoms with Crippen molar-refractivity contribution in [1.29, 1.82) is 0 Å². The number of halogens is 2. The summed E-state index contributed by atoms with van der Waals surface area (Å²) in [5.74, 6) is 0. The second-order valence-electron chi connectivity index (χ2n) is 1.88. The molecule has 9 heavy (non-hydrogen) atoms. The second kappa shape index (κ2) is 9.42. The molecule has 0 radical (unpaired) electrons. The lowest BCUT2D eigenvalue weighted by molar-refractivity contribution is 0.669. The van der Waals surface area contributed by atoms with Gasteiger partial charge in [-0.15, -0.1) is 0 Å². The Morgan fingerprint density at radius 3 is 2.33 bits per heavy atom. The Bertz CT molecular complexity index is 44.3. The summed E-state index contributed by atoms with van der Waals surface area (Å²) in [6.07, 6.45) is 4.10. The number of hydrogen-bond donors (Lipinski definition) is 1. The van der Waals surface area contributed by atoms with Crippen molar-refractivity contribution in [2.24, 2.45) is 0 Å². The van der Waals surface area contributed by atoms with Crippen LogP contribution in [0.5, 0.6) is 0 Å². The van der Waals surface area contributed by atoms with E-state index in [1.807, 2.05) is 0 Å². The molecule has 1 N–H and O–H groups in total. The van der Waals surface area contributed by atoms with Crippen molar-refractivity contribution in [3.63, 3.8) is 0 Å². The third-order valence-electron chi connectivity index (χ3n) is 1.08. The monoisotopic (exact) mass is 353 g/mol. The van der Waals surface area contributed by atoms with Crippen LogP contribution in [0.1, 0.15) is 19.3 Å². The molecule has 1 nitrogen and oxygen atoms in total. The lowest BCUT2D eigenvalue weighted by Gasteiger charge is -1.97. The first-order chi connectivity index (χ1) is 4.41. The van der Waals surface area contributed by atoms with Gasteiger partial charge in [-0.25, -0.2) is 0 Å². The third-order valence-corrected chi connectivity index (χ3v) is 2.38. The molecule has 0 aromatic heterocycles. The Morgan fingerprint density at radius 2 is 1.78 bits per heavy atom. The Labute approximate surface area is 84.6 Å². The number of rotatable bonds is 6. The topological polar surface area (TPSA) is 12.0 Å². The summed E-state index contributed by atoms with van der Waals surface area (Å²) in [5, 5.41) is 3.29. The van der Waals surface area contributed by atoms with Crippen LogP contribution in [0.3, 0.4) is 0 Å². The minimum absolute atomic E-state index is 1.09. The highest BCUT2D eigenvalue weighted by Gasteiger charge is 1.85. The van der Waals surface area contributed by atoms with Crippen molar-refractivity contribution in [3.8, 4) is 0 Å². The molecule has 0 aliphatic carbocycles. The average molecular weight is 353 g/mol. The summed E-state index contributed by atoms with van der Waals surface area (Å²) in [7, 11) is 0. The van der Waals surface area contributed by atoms with E-state index in [0.717, 1.165) is 4.55 Å². The van der Waals surface area contributed by atoms with Gasteiger partial charge in [0.15, 0.2) is 0 Å². The largest absolute Gasteiger partial charge is 0.308 e. The van der Waals surface area contributed by atoms with Gasteiger partial charge in [0.25, 0.3) is 0 Å². The lowest BCUT2D eigenvalue weighted by atomic mass is 10.2. The molecule has 0 bridgehead atoms. The highest BCUT2D eigenvalue weighted by atomic mass is 127. The van der Waals surface area contributed by atoms with E-state index < -0.39 is 0 Å². The summed E-state index contributed by atoms with van der Waals surface area (Å²) >= 11 is 4.76. The average Bonchev–Trinajstić information content (AvgIpc) is 1.89. The van der Waals surface area contributed by atoms with Gasteiger partial charge in [-0.2, -0.15) is 0 Å². The van der Waals surface area contributed by atoms with Crippen molar-refractivity contribution in [2.75, 3.05) is 15.5 Å². The SMILES string of the molecule is ICCCCCNCI. The number of hydrogen-bond acceptors (Lipinski definition) is 1. The quantitative estimate of drug-likeness (QED) is 0.335. The van der Waals surface area contributed by atoms with Gasteiger partial charge in [0.05, 0.1) is 0 Å². The van der Waals surface area contributed by atoms with E-state index in [-0.39, 0.29) is 0 Å². The van der Waals surface area contributed by atoms with E-state index >= 15 is 0 Å². The van der Waals surface area contributed by atoms with E-state index in [1.165, 1.54) is 30.2 Å². The molecule has 0 spiro atoms. The maximum Gasteiger partial charge on any atom is 0.0479 e. The minimum Gasteiger partial charge on any atom is -0.308 e. The fourth-order valence-corrected chi connectivity index (χ4v) is 1.51. The van der Waals surface area contributed by atoms with E-state index in [2.05, 4.69) is 50.5 Å². The first-order valence-corrected chi connectivity index (χ1v) is 6.29. The van der Waals surface area contributed by atoms with Gasteiger partial charge in [0, 0.05) is 4.55 Å². The zero-order valence-corrected chi connectivity index (χ0v) is 9.81. The van der Waals surface area contributed by atoms with E-state index in [9.17, 15) is 0 Å². The maximum absolute atomic E-state index is 3.29. The van der Waals surface area contributed by atoms with Crippen molar-refractivity contribution in [1.82, 2.24) is 5.32 Å². The van der Waals surface area contributed by atoms with Crippen LogP contribution in [0.2, 0.25) is 0 Å². The molecule has 0 rings (SSSR count). The van der Waals surface area contributed by atoms with Gasteiger partial charge in [0.2, 0.25) is 0 Å². The van der Waals surface area contributed by atoms with Crippen LogP contribution in [0.4, 0.5) is 0 Å². The molecule has 0 aromatic rings. The molecule has 0 unspecified atom stereocenters. The Kier molecular flexibility index (Phi) is 10.9. The molecule has 3 heteroatoms. The minimum atomic E-state index is 1.09. The molecule has 0 atom stereocenters. The van der Waals surface area contributed by atoms with Crippen molar-refractivity contribution in [2.45, 2.75) is 19.3 Å². The standard InChI is InChI=1S/C6H13I2N/c7-4-2-1-3-5-9-6-8/h9H,1-6H2. The van der Waals surface area contributed by atoms with Crippen LogP contribution >= 0.6 is 45.2 Å². The summed E-state index contributed by atoms with van der Waals surface area (Å²) in [6.45, 7) is 1.19. The molecule has 0 amide bonds. The normalized spacial score (nSPS) is 10.0. The highest BCUT2D eigenvalue weighted by Crippen LogP contribution is 1.97. The van der Waals surface area contributed by atoms with Gasteiger partial charge in [-0.3, -0.25) is 0 Å². The summed E-state index contributed by atoms with van der Waals surface area (Å²) in [6, 6.07) is 0. The van der Waals surface area contributed by atoms with Crippen LogP contribution in [0.15, 0.2) is 0 Å². The molecule has 0 aliphatic rings.